The SMILES string of the molecule is O=CN(c1ccc2c(c1)CCC(=O)N2)C1CCN(CC(O)c2ccccc2)CC1. The number of aliphatic hydroxyl groups excluding tert-OH is 1. The van der Waals surface area contributed by atoms with E-state index in [0.29, 0.717) is 19.4 Å². The van der Waals surface area contributed by atoms with Gasteiger partial charge in [0.15, 0.2) is 0 Å². The van der Waals surface area contributed by atoms with E-state index >= 15 is 0 Å². The molecule has 1 atom stereocenters. The summed E-state index contributed by atoms with van der Waals surface area (Å²) in [5.41, 5.74) is 3.75. The largest absolute Gasteiger partial charge is 0.387 e. The number of hydrogen-bond acceptors (Lipinski definition) is 4. The van der Waals surface area contributed by atoms with E-state index in [-0.39, 0.29) is 11.9 Å². The van der Waals surface area contributed by atoms with Gasteiger partial charge in [-0.25, -0.2) is 0 Å². The molecule has 1 unspecified atom stereocenters. The summed E-state index contributed by atoms with van der Waals surface area (Å²) in [7, 11) is 0. The molecule has 0 aromatic heterocycles. The third-order valence-corrected chi connectivity index (χ3v) is 5.96. The number of rotatable bonds is 6. The van der Waals surface area contributed by atoms with Crippen molar-refractivity contribution in [1.29, 1.82) is 0 Å². The van der Waals surface area contributed by atoms with Crippen molar-refractivity contribution in [3.8, 4) is 0 Å². The van der Waals surface area contributed by atoms with Gasteiger partial charge in [-0.3, -0.25) is 9.59 Å². The molecule has 2 N–H and O–H groups in total. The first-order chi connectivity index (χ1) is 14.1. The number of aliphatic hydroxyl groups is 1. The number of nitrogens with zero attached hydrogens (tertiary/aromatic N) is 2. The van der Waals surface area contributed by atoms with E-state index in [1.807, 2.05) is 53.4 Å². The number of carbonyl (C=O) groups excluding carboxylic acids is 2. The van der Waals surface area contributed by atoms with Gasteiger partial charge >= 0.3 is 0 Å². The summed E-state index contributed by atoms with van der Waals surface area (Å²) in [5.74, 6) is 0.0440. The Morgan fingerprint density at radius 1 is 1.14 bits per heavy atom. The maximum Gasteiger partial charge on any atom is 0.224 e. The molecule has 29 heavy (non-hydrogen) atoms. The highest BCUT2D eigenvalue weighted by atomic mass is 16.3. The Hall–Kier alpha value is -2.70. The molecular formula is C23H27N3O3. The van der Waals surface area contributed by atoms with Gasteiger partial charge in [-0.05, 0) is 48.6 Å². The third-order valence-electron chi connectivity index (χ3n) is 5.96. The van der Waals surface area contributed by atoms with E-state index in [1.54, 1.807) is 0 Å². The van der Waals surface area contributed by atoms with Crippen LogP contribution in [0.2, 0.25) is 0 Å². The van der Waals surface area contributed by atoms with Gasteiger partial charge in [-0.15, -0.1) is 0 Å². The quantitative estimate of drug-likeness (QED) is 0.741. The predicted molar refractivity (Wildman–Crippen MR) is 113 cm³/mol. The fraction of sp³-hybridized carbons (Fsp3) is 0.391. The van der Waals surface area contributed by atoms with Gasteiger partial charge in [0.2, 0.25) is 12.3 Å². The molecule has 2 aromatic rings. The van der Waals surface area contributed by atoms with E-state index in [0.717, 1.165) is 54.8 Å². The average Bonchev–Trinajstić information content (AvgIpc) is 2.76. The van der Waals surface area contributed by atoms with Crippen molar-refractivity contribution in [2.75, 3.05) is 29.9 Å². The molecule has 2 aromatic carbocycles. The van der Waals surface area contributed by atoms with Crippen LogP contribution in [0.4, 0.5) is 11.4 Å². The lowest BCUT2D eigenvalue weighted by Crippen LogP contribution is -2.45. The van der Waals surface area contributed by atoms with Gasteiger partial charge in [0.25, 0.3) is 0 Å². The minimum Gasteiger partial charge on any atom is -0.387 e. The van der Waals surface area contributed by atoms with E-state index in [2.05, 4.69) is 10.2 Å². The molecule has 1 saturated heterocycles. The second kappa shape index (κ2) is 8.76. The molecule has 0 aliphatic carbocycles. The molecule has 2 aliphatic heterocycles. The number of hydrogen-bond donors (Lipinski definition) is 2. The number of nitrogens with one attached hydrogen (secondary N) is 1. The summed E-state index contributed by atoms with van der Waals surface area (Å²) in [6.45, 7) is 2.30. The number of amides is 2. The van der Waals surface area contributed by atoms with Crippen molar-refractivity contribution >= 4 is 23.7 Å². The summed E-state index contributed by atoms with van der Waals surface area (Å²) >= 11 is 0. The highest BCUT2D eigenvalue weighted by molar-refractivity contribution is 5.94. The lowest BCUT2D eigenvalue weighted by atomic mass is 9.99. The topological polar surface area (TPSA) is 72.9 Å². The molecule has 2 aliphatic rings. The van der Waals surface area contributed by atoms with E-state index in [4.69, 9.17) is 0 Å². The Balaban J connectivity index is 1.37. The van der Waals surface area contributed by atoms with Crippen molar-refractivity contribution in [3.05, 3.63) is 59.7 Å². The van der Waals surface area contributed by atoms with Gasteiger partial charge in [0.1, 0.15) is 0 Å². The third kappa shape index (κ3) is 4.49. The number of fused-ring (bicyclic) bond motifs is 1. The van der Waals surface area contributed by atoms with Crippen molar-refractivity contribution in [2.24, 2.45) is 0 Å². The summed E-state index contributed by atoms with van der Waals surface area (Å²) in [6.07, 6.45) is 3.35. The average molecular weight is 393 g/mol. The molecule has 4 rings (SSSR count). The zero-order valence-corrected chi connectivity index (χ0v) is 16.5. The molecule has 6 nitrogen and oxygen atoms in total. The Labute approximate surface area is 171 Å². The lowest BCUT2D eigenvalue weighted by Gasteiger charge is -2.37. The Kier molecular flexibility index (Phi) is 5.92. The van der Waals surface area contributed by atoms with Gasteiger partial charge in [-0.2, -0.15) is 0 Å². The summed E-state index contributed by atoms with van der Waals surface area (Å²) in [4.78, 5) is 27.5. The monoisotopic (exact) mass is 393 g/mol. The summed E-state index contributed by atoms with van der Waals surface area (Å²) in [5, 5.41) is 13.3. The lowest BCUT2D eigenvalue weighted by molar-refractivity contribution is -0.116. The fourth-order valence-electron chi connectivity index (χ4n) is 4.29. The van der Waals surface area contributed by atoms with Gasteiger partial charge in [0.05, 0.1) is 6.10 Å². The van der Waals surface area contributed by atoms with Crippen LogP contribution in [0.3, 0.4) is 0 Å². The fourth-order valence-corrected chi connectivity index (χ4v) is 4.29. The molecule has 0 radical (unpaired) electrons. The Morgan fingerprint density at radius 3 is 2.62 bits per heavy atom. The van der Waals surface area contributed by atoms with Crippen molar-refractivity contribution < 1.29 is 14.7 Å². The predicted octanol–water partition coefficient (Wildman–Crippen LogP) is 2.73. The number of piperidine rings is 1. The van der Waals surface area contributed by atoms with Crippen molar-refractivity contribution in [2.45, 2.75) is 37.8 Å². The van der Waals surface area contributed by atoms with Crippen LogP contribution >= 0.6 is 0 Å². The molecule has 0 saturated carbocycles. The van der Waals surface area contributed by atoms with Gasteiger partial charge in [0, 0.05) is 43.5 Å². The normalized spacial score (nSPS) is 18.6. The molecule has 2 heterocycles. The maximum atomic E-state index is 11.9. The van der Waals surface area contributed by atoms with Crippen molar-refractivity contribution in [1.82, 2.24) is 4.90 Å². The van der Waals surface area contributed by atoms with Crippen LogP contribution in [-0.2, 0) is 16.0 Å². The second-order valence-corrected chi connectivity index (χ2v) is 7.86. The number of likely N-dealkylation sites (tertiary alicyclic amines) is 1. The summed E-state index contributed by atoms with van der Waals surface area (Å²) < 4.78 is 0. The number of β-amino-alcohol motifs (C(OH)–C–C–N with tert-alkyl or cyclic N) is 1. The molecule has 152 valence electrons. The van der Waals surface area contributed by atoms with Gasteiger partial charge < -0.3 is 20.2 Å². The van der Waals surface area contributed by atoms with Gasteiger partial charge in [-0.1, -0.05) is 30.3 Å². The minimum absolute atomic E-state index is 0.0440. The standard InChI is InChI=1S/C23H27N3O3/c27-16-26(20-7-8-21-18(14-20)6-9-23(29)24-21)19-10-12-25(13-11-19)15-22(28)17-4-2-1-3-5-17/h1-5,7-8,14,16,19,22,28H,6,9-13,15H2,(H,24,29). The van der Waals surface area contributed by atoms with E-state index < -0.39 is 6.10 Å². The molecule has 1 fully saturated rings. The first-order valence-corrected chi connectivity index (χ1v) is 10.3. The molecular weight excluding hydrogens is 366 g/mol. The zero-order valence-electron chi connectivity index (χ0n) is 16.5. The van der Waals surface area contributed by atoms with E-state index in [9.17, 15) is 14.7 Å². The number of anilines is 2. The number of benzene rings is 2. The van der Waals surface area contributed by atoms with Crippen LogP contribution in [-0.4, -0.2) is 48.0 Å². The molecule has 2 amide bonds. The minimum atomic E-state index is -0.495. The van der Waals surface area contributed by atoms with Crippen LogP contribution in [0.1, 0.15) is 36.5 Å². The molecule has 0 bridgehead atoms. The smallest absolute Gasteiger partial charge is 0.224 e. The van der Waals surface area contributed by atoms with Crippen LogP contribution in [0, 0.1) is 0 Å². The van der Waals surface area contributed by atoms with Crippen LogP contribution in [0.5, 0.6) is 0 Å². The zero-order chi connectivity index (χ0) is 20.2. The first-order valence-electron chi connectivity index (χ1n) is 10.3. The highest BCUT2D eigenvalue weighted by Gasteiger charge is 2.27. The molecule has 0 spiro atoms. The van der Waals surface area contributed by atoms with E-state index in [1.165, 1.54) is 0 Å². The second-order valence-electron chi connectivity index (χ2n) is 7.86. The molecule has 6 heteroatoms. The highest BCUT2D eigenvalue weighted by Crippen LogP contribution is 2.30. The number of carbonyl (C=O) groups is 2. The van der Waals surface area contributed by atoms with Crippen LogP contribution < -0.4 is 10.2 Å². The Morgan fingerprint density at radius 2 is 1.90 bits per heavy atom. The number of aryl methyl sites for hydroxylation is 1. The first kappa shape index (κ1) is 19.6. The summed E-state index contributed by atoms with van der Waals surface area (Å²) in [6, 6.07) is 15.7. The van der Waals surface area contributed by atoms with Crippen LogP contribution in [0.25, 0.3) is 0 Å². The Bertz CT molecular complexity index is 863. The van der Waals surface area contributed by atoms with Crippen molar-refractivity contribution in [3.63, 3.8) is 0 Å². The maximum absolute atomic E-state index is 11.9. The van der Waals surface area contributed by atoms with Crippen LogP contribution in [0.15, 0.2) is 48.5 Å².